The van der Waals surface area contributed by atoms with E-state index in [-0.39, 0.29) is 11.4 Å². The lowest BCUT2D eigenvalue weighted by Gasteiger charge is -2.24. The van der Waals surface area contributed by atoms with Gasteiger partial charge >= 0.3 is 0 Å². The predicted molar refractivity (Wildman–Crippen MR) is 112 cm³/mol. The summed E-state index contributed by atoms with van der Waals surface area (Å²) in [6.45, 7) is 2.02. The van der Waals surface area contributed by atoms with Gasteiger partial charge < -0.3 is 4.90 Å². The number of anilines is 1. The van der Waals surface area contributed by atoms with Crippen LogP contribution in [-0.2, 0) is 4.79 Å². The van der Waals surface area contributed by atoms with Crippen LogP contribution < -0.4 is 4.90 Å². The van der Waals surface area contributed by atoms with Crippen molar-refractivity contribution < 1.29 is 4.79 Å². The SMILES string of the molecule is CCSC1=NSC2=NC(=O)/C(=C\c3ccc(N(C)C)c(Br)c3)C(=N)N12. The number of amides is 1. The Labute approximate surface area is 163 Å². The minimum Gasteiger partial charge on any atom is -0.377 e. The van der Waals surface area contributed by atoms with Crippen LogP contribution >= 0.6 is 39.6 Å². The molecule has 2 aliphatic heterocycles. The summed E-state index contributed by atoms with van der Waals surface area (Å²) in [4.78, 5) is 20.1. The molecule has 6 nitrogen and oxygen atoms in total. The van der Waals surface area contributed by atoms with Crippen LogP contribution in [0.5, 0.6) is 0 Å². The smallest absolute Gasteiger partial charge is 0.283 e. The van der Waals surface area contributed by atoms with E-state index in [1.165, 1.54) is 11.8 Å². The van der Waals surface area contributed by atoms with Crippen LogP contribution in [0.25, 0.3) is 6.08 Å². The van der Waals surface area contributed by atoms with Crippen LogP contribution in [0.1, 0.15) is 12.5 Å². The molecule has 0 atom stereocenters. The maximum atomic E-state index is 12.4. The highest BCUT2D eigenvalue weighted by molar-refractivity contribution is 9.10. The standard InChI is InChI=1S/C16H16BrN5OS2/c1-4-24-16-20-25-15-19-14(23)10(13(18)22(15)16)7-9-5-6-12(21(2)3)11(17)8-9/h5-8,18H,4H2,1-3H3/b10-7-,18-13?. The van der Waals surface area contributed by atoms with Gasteiger partial charge in [-0.3, -0.25) is 10.2 Å². The van der Waals surface area contributed by atoms with Gasteiger partial charge in [-0.1, -0.05) is 24.8 Å². The normalized spacial score (nSPS) is 18.4. The number of nitrogens with one attached hydrogen (secondary N) is 1. The molecule has 0 radical (unpaired) electrons. The van der Waals surface area contributed by atoms with Crippen molar-refractivity contribution in [3.05, 3.63) is 33.8 Å². The number of thioether (sulfide) groups is 1. The highest BCUT2D eigenvalue weighted by Crippen LogP contribution is 2.32. The summed E-state index contributed by atoms with van der Waals surface area (Å²) < 4.78 is 5.22. The molecule has 2 aliphatic rings. The molecular formula is C16H16BrN5OS2. The van der Waals surface area contributed by atoms with Crippen LogP contribution in [0.4, 0.5) is 5.69 Å². The number of aliphatic imine (C=N–C) groups is 1. The minimum atomic E-state index is -0.408. The number of carbonyl (C=O) groups is 1. The third-order valence-electron chi connectivity index (χ3n) is 3.53. The van der Waals surface area contributed by atoms with Gasteiger partial charge in [-0.05, 0) is 45.5 Å². The summed E-state index contributed by atoms with van der Waals surface area (Å²) in [6, 6.07) is 5.81. The first-order chi connectivity index (χ1) is 11.9. The van der Waals surface area contributed by atoms with Crippen molar-refractivity contribution in [1.82, 2.24) is 4.90 Å². The summed E-state index contributed by atoms with van der Waals surface area (Å²) in [7, 11) is 3.93. The summed E-state index contributed by atoms with van der Waals surface area (Å²) in [5.74, 6) is 0.546. The maximum Gasteiger partial charge on any atom is 0.283 e. The molecule has 1 amide bonds. The molecule has 25 heavy (non-hydrogen) atoms. The van der Waals surface area contributed by atoms with Gasteiger partial charge in [0.25, 0.3) is 5.91 Å². The Morgan fingerprint density at radius 1 is 1.44 bits per heavy atom. The zero-order valence-electron chi connectivity index (χ0n) is 13.9. The van der Waals surface area contributed by atoms with Crippen molar-refractivity contribution in [2.24, 2.45) is 9.39 Å². The van der Waals surface area contributed by atoms with Gasteiger partial charge in [0.1, 0.15) is 5.84 Å². The van der Waals surface area contributed by atoms with Gasteiger partial charge in [0, 0.05) is 18.6 Å². The molecule has 0 spiro atoms. The predicted octanol–water partition coefficient (Wildman–Crippen LogP) is 3.84. The van der Waals surface area contributed by atoms with Gasteiger partial charge in [-0.25, -0.2) is 4.90 Å². The number of hydrogen-bond donors (Lipinski definition) is 1. The first kappa shape index (κ1) is 18.2. The lowest BCUT2D eigenvalue weighted by Crippen LogP contribution is -2.41. The van der Waals surface area contributed by atoms with E-state index in [4.69, 9.17) is 5.41 Å². The van der Waals surface area contributed by atoms with E-state index in [0.29, 0.717) is 10.3 Å². The van der Waals surface area contributed by atoms with E-state index < -0.39 is 5.91 Å². The summed E-state index contributed by atoms with van der Waals surface area (Å²) in [5, 5.41) is 9.60. The van der Waals surface area contributed by atoms with Crippen LogP contribution in [0.3, 0.4) is 0 Å². The number of rotatable bonds is 3. The molecule has 0 bridgehead atoms. The van der Waals surface area contributed by atoms with E-state index in [2.05, 4.69) is 25.3 Å². The third-order valence-corrected chi connectivity index (χ3v) is 5.81. The quantitative estimate of drug-likeness (QED) is 0.574. The Kier molecular flexibility index (Phi) is 5.35. The molecule has 0 aliphatic carbocycles. The zero-order valence-corrected chi connectivity index (χ0v) is 17.1. The highest BCUT2D eigenvalue weighted by Gasteiger charge is 2.37. The fourth-order valence-corrected chi connectivity index (χ4v) is 4.69. The van der Waals surface area contributed by atoms with E-state index in [9.17, 15) is 4.79 Å². The van der Waals surface area contributed by atoms with E-state index in [1.807, 2.05) is 44.1 Å². The molecule has 0 unspecified atom stereocenters. The highest BCUT2D eigenvalue weighted by atomic mass is 79.9. The molecule has 1 aromatic carbocycles. The number of fused-ring (bicyclic) bond motifs is 1. The Morgan fingerprint density at radius 2 is 2.20 bits per heavy atom. The number of halogens is 1. The van der Waals surface area contributed by atoms with Crippen LogP contribution in [0.15, 0.2) is 37.6 Å². The molecule has 0 saturated heterocycles. The minimum absolute atomic E-state index is 0.118. The molecule has 1 aromatic rings. The van der Waals surface area contributed by atoms with Gasteiger partial charge in [-0.15, -0.1) is 0 Å². The second kappa shape index (κ2) is 7.35. The summed E-state index contributed by atoms with van der Waals surface area (Å²) in [6.07, 6.45) is 1.70. The van der Waals surface area contributed by atoms with Crippen molar-refractivity contribution in [2.75, 3.05) is 24.7 Å². The van der Waals surface area contributed by atoms with Gasteiger partial charge in [0.2, 0.25) is 5.17 Å². The Bertz CT molecular complexity index is 847. The van der Waals surface area contributed by atoms with Crippen molar-refractivity contribution in [2.45, 2.75) is 6.92 Å². The lowest BCUT2D eigenvalue weighted by molar-refractivity contribution is -0.114. The molecule has 9 heteroatoms. The number of nitrogens with zero attached hydrogens (tertiary/aromatic N) is 4. The summed E-state index contributed by atoms with van der Waals surface area (Å²) in [5.41, 5.74) is 2.13. The van der Waals surface area contributed by atoms with Crippen LogP contribution in [0, 0.1) is 5.41 Å². The first-order valence-corrected chi connectivity index (χ1v) is 10.1. The summed E-state index contributed by atoms with van der Waals surface area (Å²) >= 11 is 6.21. The van der Waals surface area contributed by atoms with E-state index in [1.54, 1.807) is 11.0 Å². The molecular weight excluding hydrogens is 422 g/mol. The number of amidine groups is 3. The second-order valence-corrected chi connectivity index (χ2v) is 8.26. The monoisotopic (exact) mass is 437 g/mol. The average molecular weight is 438 g/mol. The first-order valence-electron chi connectivity index (χ1n) is 7.50. The number of benzene rings is 1. The molecule has 0 aromatic heterocycles. The van der Waals surface area contributed by atoms with Crippen molar-refractivity contribution >= 4 is 73.5 Å². The van der Waals surface area contributed by atoms with Gasteiger partial charge in [-0.2, -0.15) is 9.39 Å². The zero-order chi connectivity index (χ0) is 18.1. The molecule has 1 N–H and O–H groups in total. The van der Waals surface area contributed by atoms with Gasteiger partial charge in [0.05, 0.1) is 23.2 Å². The average Bonchev–Trinajstić information content (AvgIpc) is 2.94. The fourth-order valence-electron chi connectivity index (χ4n) is 2.37. The molecule has 0 saturated carbocycles. The Morgan fingerprint density at radius 3 is 2.84 bits per heavy atom. The van der Waals surface area contributed by atoms with Crippen molar-refractivity contribution in [3.8, 4) is 0 Å². The molecule has 130 valence electrons. The Balaban J connectivity index is 1.96. The van der Waals surface area contributed by atoms with Crippen LogP contribution in [-0.4, -0.2) is 46.8 Å². The van der Waals surface area contributed by atoms with E-state index >= 15 is 0 Å². The fraction of sp³-hybridized carbons (Fsp3) is 0.250. The Hall–Kier alpha value is -1.58. The largest absolute Gasteiger partial charge is 0.377 e. The van der Waals surface area contributed by atoms with Gasteiger partial charge in [0.15, 0.2) is 5.17 Å². The number of carbonyl (C=O) groups excluding carboxylic acids is 1. The topological polar surface area (TPSA) is 72.1 Å². The maximum absolute atomic E-state index is 12.4. The molecule has 0 fully saturated rings. The number of hydrogen-bond acceptors (Lipinski definition) is 6. The van der Waals surface area contributed by atoms with Crippen molar-refractivity contribution in [3.63, 3.8) is 0 Å². The van der Waals surface area contributed by atoms with Crippen LogP contribution in [0.2, 0.25) is 0 Å². The third kappa shape index (κ3) is 3.54. The molecule has 2 heterocycles. The molecule has 3 rings (SSSR count). The van der Waals surface area contributed by atoms with E-state index in [0.717, 1.165) is 33.4 Å². The lowest BCUT2D eigenvalue weighted by atomic mass is 10.1. The van der Waals surface area contributed by atoms with Crippen molar-refractivity contribution in [1.29, 1.82) is 5.41 Å². The second-order valence-electron chi connectivity index (χ2n) is 5.44.